The Morgan fingerprint density at radius 3 is 2.58 bits per heavy atom. The molecule has 15 heteroatoms. The number of ether oxygens (including phenoxy) is 2. The number of carbonyl (C=O) groups is 3. The number of ketones is 2. The molecule has 0 bridgehead atoms. The summed E-state index contributed by atoms with van der Waals surface area (Å²) in [6.07, 6.45) is 11.4. The maximum Gasteiger partial charge on any atom is 0.519 e. The van der Waals surface area contributed by atoms with Crippen LogP contribution in [0.25, 0.3) is 10.9 Å². The molecule has 4 saturated carbocycles. The van der Waals surface area contributed by atoms with Crippen LogP contribution in [0.5, 0.6) is 5.75 Å². The second-order valence-electron chi connectivity index (χ2n) is 19.5. The number of methoxy groups -OCH3 is 1. The van der Waals surface area contributed by atoms with Gasteiger partial charge in [-0.3, -0.25) is 19.3 Å². The predicted octanol–water partition coefficient (Wildman–Crippen LogP) is 5.18. The molecule has 4 heterocycles. The fraction of sp³-hybridized carbons (Fsp3) is 0.596. The molecule has 0 amide bonds. The van der Waals surface area contributed by atoms with Crippen molar-refractivity contribution in [3.05, 3.63) is 79.8 Å². The number of Topliss-reactive ketones (excluding diaryl/α,β-unsaturated/α-hetero) is 1. The molecule has 2 aromatic heterocycles. The molecule has 5 aliphatic carbocycles. The van der Waals surface area contributed by atoms with Gasteiger partial charge < -0.3 is 38.0 Å². The van der Waals surface area contributed by atoms with Crippen molar-refractivity contribution in [2.75, 3.05) is 38.3 Å². The van der Waals surface area contributed by atoms with Gasteiger partial charge in [0.2, 0.25) is 11.2 Å². The summed E-state index contributed by atoms with van der Waals surface area (Å²) in [6, 6.07) is 1.11. The Hall–Kier alpha value is -4.86. The van der Waals surface area contributed by atoms with Gasteiger partial charge in [-0.25, -0.2) is 14.0 Å². The van der Waals surface area contributed by atoms with Crippen LogP contribution in [-0.2, 0) is 20.9 Å². The number of fused-ring (bicyclic) bond motifs is 7. The maximum atomic E-state index is 16.6. The number of carbonyl (C=O) groups excluding carboxylic acids is 3. The molecule has 2 N–H and O–H groups in total. The van der Waals surface area contributed by atoms with Crippen molar-refractivity contribution in [2.45, 2.75) is 109 Å². The highest BCUT2D eigenvalue weighted by Gasteiger charge is 2.68. The van der Waals surface area contributed by atoms with Crippen LogP contribution in [0.2, 0.25) is 0 Å². The summed E-state index contributed by atoms with van der Waals surface area (Å²) in [6.45, 7) is 7.00. The molecule has 9 atom stereocenters. The Bertz CT molecular complexity index is 2590. The minimum absolute atomic E-state index is 0.00342. The number of halogens is 1. The monoisotopic (exact) mass is 855 g/mol. The number of hydrogen-bond donors (Lipinski definition) is 2. The lowest BCUT2D eigenvalue weighted by Gasteiger charge is -2.59. The van der Waals surface area contributed by atoms with E-state index in [0.29, 0.717) is 49.5 Å². The number of aliphatic hydroxyl groups is 2. The number of benzene rings is 1. The van der Waals surface area contributed by atoms with E-state index >= 15 is 4.39 Å². The van der Waals surface area contributed by atoms with E-state index in [1.807, 2.05) is 17.9 Å². The van der Waals surface area contributed by atoms with E-state index in [2.05, 4.69) is 11.8 Å². The first-order valence-electron chi connectivity index (χ1n) is 22.1. The lowest BCUT2D eigenvalue weighted by atomic mass is 9.46. The van der Waals surface area contributed by atoms with Gasteiger partial charge in [0.05, 0.1) is 30.7 Å². The Morgan fingerprint density at radius 1 is 1.06 bits per heavy atom. The molecular weight excluding hydrogens is 802 g/mol. The van der Waals surface area contributed by atoms with Gasteiger partial charge in [-0.1, -0.05) is 25.5 Å². The maximum absolute atomic E-state index is 16.6. The van der Waals surface area contributed by atoms with E-state index in [9.17, 15) is 34.2 Å². The van der Waals surface area contributed by atoms with Gasteiger partial charge in [-0.15, -0.1) is 0 Å². The van der Waals surface area contributed by atoms with Gasteiger partial charge in [0.15, 0.2) is 29.7 Å². The van der Waals surface area contributed by atoms with Gasteiger partial charge in [-0.2, -0.15) is 0 Å². The average Bonchev–Trinajstić information content (AvgIpc) is 3.82. The minimum Gasteiger partial charge on any atom is -0.492 e. The third kappa shape index (κ3) is 6.15. The van der Waals surface area contributed by atoms with Gasteiger partial charge in [0, 0.05) is 48.1 Å². The Morgan fingerprint density at radius 2 is 1.85 bits per heavy atom. The molecular formula is C47H54FN3O11. The standard InChI is InChI=1S/C47H54FN3O11/c1-24-36(62-44(57)61-24)22-49-15-5-6-25-19-50(21-34(25)49)40-33(48)17-30-39(42(40)59-4)51(27-8-9-27)20-31(41(30)55)43(56)60-23-37(54)47(58)14-12-32-29-10-7-26-16-28(52)11-13-45(26,2)38(29)35(53)18-46(32,47)3/h11,13,16-17,20,25,27,29,32,34-35,38,53,58H,5-10,12,14-15,18-19,21-23H2,1-4H3/t25?,29-,32-,34?,35-,38+,45-,46-,47-/m1/s1. The summed E-state index contributed by atoms with van der Waals surface area (Å²) in [5, 5.41) is 24.0. The van der Waals surface area contributed by atoms with Crippen molar-refractivity contribution in [3.8, 4) is 5.75 Å². The quantitative estimate of drug-likeness (QED) is 0.269. The van der Waals surface area contributed by atoms with E-state index in [4.69, 9.17) is 18.3 Å². The molecule has 0 radical (unpaired) electrons. The van der Waals surface area contributed by atoms with Crippen LogP contribution >= 0.6 is 0 Å². The fourth-order valence-corrected chi connectivity index (χ4v) is 13.2. The highest BCUT2D eigenvalue weighted by atomic mass is 19.1. The summed E-state index contributed by atoms with van der Waals surface area (Å²) in [5.74, 6) is -2.20. The SMILES string of the molecule is COc1c(N2CC3CCCN(Cc4oc(=O)oc4C)C3C2)c(F)cc2c(=O)c(C(=O)OCC(=O)[C@]3(O)CC[C@@H]4[C@H]5CCC6=CC(=O)C=C[C@@]6(C)[C@@H]5[C@H](O)C[C@]43C)cn(C3CC3)c12. The van der Waals surface area contributed by atoms with Crippen molar-refractivity contribution < 1.29 is 47.3 Å². The fourth-order valence-electron chi connectivity index (χ4n) is 13.2. The molecule has 7 aliphatic rings. The number of allylic oxidation sites excluding steroid dienone is 4. The van der Waals surface area contributed by atoms with Crippen LogP contribution in [0.4, 0.5) is 10.1 Å². The highest BCUT2D eigenvalue weighted by molar-refractivity contribution is 6.01. The molecule has 3 aromatic rings. The molecule has 6 fully saturated rings. The predicted molar refractivity (Wildman–Crippen MR) is 222 cm³/mol. The molecule has 10 rings (SSSR count). The number of pyridine rings is 1. The first kappa shape index (κ1) is 41.2. The summed E-state index contributed by atoms with van der Waals surface area (Å²) in [5.41, 5.74) is -2.90. The normalized spacial score (nSPS) is 34.1. The van der Waals surface area contributed by atoms with Crippen molar-refractivity contribution >= 4 is 34.1 Å². The smallest absolute Gasteiger partial charge is 0.492 e. The zero-order chi connectivity index (χ0) is 43.6. The first-order valence-corrected chi connectivity index (χ1v) is 22.1. The minimum atomic E-state index is -1.89. The molecule has 330 valence electrons. The zero-order valence-corrected chi connectivity index (χ0v) is 35.6. The van der Waals surface area contributed by atoms with Crippen LogP contribution in [0.3, 0.4) is 0 Å². The number of anilines is 1. The molecule has 62 heavy (non-hydrogen) atoms. The van der Waals surface area contributed by atoms with E-state index in [-0.39, 0.29) is 76.8 Å². The number of aromatic nitrogens is 1. The Balaban J connectivity index is 0.898. The van der Waals surface area contributed by atoms with Crippen LogP contribution < -0.4 is 20.9 Å². The third-order valence-electron chi connectivity index (χ3n) is 16.4. The van der Waals surface area contributed by atoms with Gasteiger partial charge in [-0.05, 0) is 107 Å². The molecule has 0 spiro atoms. The number of likely N-dealkylation sites (tertiary alicyclic amines) is 1. The Kier molecular flexibility index (Phi) is 9.69. The summed E-state index contributed by atoms with van der Waals surface area (Å²) < 4.78 is 40.3. The number of aryl methyl sites for hydroxylation is 1. The Labute approximate surface area is 357 Å². The van der Waals surface area contributed by atoms with Gasteiger partial charge >= 0.3 is 11.8 Å². The second-order valence-corrected chi connectivity index (χ2v) is 19.5. The zero-order valence-electron chi connectivity index (χ0n) is 35.6. The van der Waals surface area contributed by atoms with Crippen LogP contribution in [0.15, 0.2) is 54.5 Å². The van der Waals surface area contributed by atoms with E-state index < -0.39 is 58.0 Å². The van der Waals surface area contributed by atoms with E-state index in [1.54, 1.807) is 23.6 Å². The van der Waals surface area contributed by atoms with Gasteiger partial charge in [0.1, 0.15) is 22.6 Å². The summed E-state index contributed by atoms with van der Waals surface area (Å²) in [7, 11) is 1.44. The molecule has 2 saturated heterocycles. The van der Waals surface area contributed by atoms with Crippen molar-refractivity contribution in [1.29, 1.82) is 0 Å². The number of hydrogen-bond acceptors (Lipinski definition) is 13. The van der Waals surface area contributed by atoms with Crippen LogP contribution in [0.1, 0.15) is 99.6 Å². The summed E-state index contributed by atoms with van der Waals surface area (Å²) >= 11 is 0. The molecule has 2 unspecified atom stereocenters. The van der Waals surface area contributed by atoms with Gasteiger partial charge in [0.25, 0.3) is 0 Å². The number of esters is 1. The summed E-state index contributed by atoms with van der Waals surface area (Å²) in [4.78, 5) is 70.3. The molecule has 14 nitrogen and oxygen atoms in total. The molecule has 1 aromatic carbocycles. The first-order chi connectivity index (χ1) is 29.6. The number of rotatable bonds is 9. The molecule has 2 aliphatic heterocycles. The highest BCUT2D eigenvalue weighted by Crippen LogP contribution is 2.67. The number of aliphatic hydroxyl groups excluding tert-OH is 1. The second kappa shape index (κ2) is 14.6. The van der Waals surface area contributed by atoms with Crippen LogP contribution in [0, 0.1) is 47.2 Å². The topological polar surface area (TPSA) is 182 Å². The largest absolute Gasteiger partial charge is 0.519 e. The van der Waals surface area contributed by atoms with Crippen molar-refractivity contribution in [2.24, 2.45) is 34.5 Å². The number of nitrogens with zero attached hydrogens (tertiary/aromatic N) is 3. The van der Waals surface area contributed by atoms with E-state index in [1.165, 1.54) is 13.3 Å². The van der Waals surface area contributed by atoms with E-state index in [0.717, 1.165) is 50.3 Å². The van der Waals surface area contributed by atoms with Crippen LogP contribution in [-0.4, -0.2) is 88.3 Å². The lowest BCUT2D eigenvalue weighted by molar-refractivity contribution is -0.178. The lowest BCUT2D eigenvalue weighted by Crippen LogP contribution is -2.61. The van der Waals surface area contributed by atoms with Crippen molar-refractivity contribution in [3.63, 3.8) is 0 Å². The third-order valence-corrected chi connectivity index (χ3v) is 16.4. The van der Waals surface area contributed by atoms with Crippen molar-refractivity contribution in [1.82, 2.24) is 9.47 Å². The number of piperidine rings is 1. The average molecular weight is 856 g/mol.